The van der Waals surface area contributed by atoms with Gasteiger partial charge >= 0.3 is 0 Å². The van der Waals surface area contributed by atoms with E-state index in [9.17, 15) is 25.1 Å². The number of hydrogen-bond acceptors (Lipinski definition) is 7. The molecule has 39 heavy (non-hydrogen) atoms. The normalized spacial score (nSPS) is 12.7. The van der Waals surface area contributed by atoms with Crippen LogP contribution in [0.3, 0.4) is 0 Å². The van der Waals surface area contributed by atoms with Crippen molar-refractivity contribution in [1.29, 1.82) is 0 Å². The van der Waals surface area contributed by atoms with Gasteiger partial charge in [-0.3, -0.25) is 14.9 Å². The predicted octanol–water partition coefficient (Wildman–Crippen LogP) is 5.34. The van der Waals surface area contributed by atoms with Crippen LogP contribution in [-0.4, -0.2) is 48.7 Å². The van der Waals surface area contributed by atoms with Gasteiger partial charge in [0.2, 0.25) is 5.91 Å². The molecule has 0 unspecified atom stereocenters. The molecule has 1 aromatic heterocycles. The molecule has 4 aromatic rings. The number of amides is 1. The molecule has 0 saturated carbocycles. The number of benzene rings is 3. The molecule has 0 saturated heterocycles. The second kappa shape index (κ2) is 12.3. The van der Waals surface area contributed by atoms with E-state index in [-0.39, 0.29) is 17.8 Å². The van der Waals surface area contributed by atoms with Crippen LogP contribution in [0.2, 0.25) is 20.1 Å². The van der Waals surface area contributed by atoms with Crippen LogP contribution >= 0.6 is 46.4 Å². The Morgan fingerprint density at radius 3 is 1.87 bits per heavy atom. The summed E-state index contributed by atoms with van der Waals surface area (Å²) in [4.78, 5) is 24.3. The Bertz CT molecular complexity index is 1460. The van der Waals surface area contributed by atoms with Gasteiger partial charge in [-0.15, -0.1) is 0 Å². The fraction of sp³-hybridized carbons (Fsp3) is 0.160. The number of non-ortho nitro benzene ring substituents is 1. The van der Waals surface area contributed by atoms with Crippen LogP contribution in [0.4, 0.5) is 5.69 Å². The summed E-state index contributed by atoms with van der Waals surface area (Å²) >= 11 is 24.9. The lowest BCUT2D eigenvalue weighted by molar-refractivity contribution is -0.384. The minimum absolute atomic E-state index is 0.159. The van der Waals surface area contributed by atoms with Crippen LogP contribution in [0.15, 0.2) is 60.7 Å². The molecule has 0 bridgehead atoms. The van der Waals surface area contributed by atoms with Gasteiger partial charge in [-0.2, -0.15) is 15.0 Å². The minimum Gasteiger partial charge on any atom is -0.394 e. The number of carbonyl (C=O) groups is 1. The lowest BCUT2D eigenvalue weighted by Gasteiger charge is -2.22. The summed E-state index contributed by atoms with van der Waals surface area (Å²) in [7, 11) is 0. The van der Waals surface area contributed by atoms with Crippen LogP contribution in [0.5, 0.6) is 0 Å². The lowest BCUT2D eigenvalue weighted by Crippen LogP contribution is -2.43. The summed E-state index contributed by atoms with van der Waals surface area (Å²) in [5.74, 6) is -0.618. The van der Waals surface area contributed by atoms with E-state index >= 15 is 0 Å². The molecule has 10 nitrogen and oxygen atoms in total. The summed E-state index contributed by atoms with van der Waals surface area (Å²) < 4.78 is 0. The van der Waals surface area contributed by atoms with Crippen molar-refractivity contribution in [3.63, 3.8) is 0 Å². The van der Waals surface area contributed by atoms with Crippen LogP contribution in [0, 0.1) is 10.1 Å². The van der Waals surface area contributed by atoms with E-state index in [1.807, 2.05) is 0 Å². The Balaban J connectivity index is 1.60. The molecule has 1 heterocycles. The molecule has 0 aliphatic heterocycles. The maximum Gasteiger partial charge on any atom is 0.269 e. The molecular formula is C25H19Cl4N5O5. The van der Waals surface area contributed by atoms with Gasteiger partial charge in [0, 0.05) is 33.3 Å². The van der Waals surface area contributed by atoms with Gasteiger partial charge in [0.15, 0.2) is 0 Å². The summed E-state index contributed by atoms with van der Waals surface area (Å²) in [6, 6.07) is 13.7. The first-order valence-electron chi connectivity index (χ1n) is 11.3. The zero-order valence-corrected chi connectivity index (χ0v) is 22.8. The van der Waals surface area contributed by atoms with Gasteiger partial charge in [-0.05, 0) is 54.1 Å². The van der Waals surface area contributed by atoms with Crippen molar-refractivity contribution in [2.45, 2.75) is 18.7 Å². The Morgan fingerprint density at radius 2 is 1.44 bits per heavy atom. The van der Waals surface area contributed by atoms with E-state index < -0.39 is 29.6 Å². The van der Waals surface area contributed by atoms with E-state index in [0.717, 1.165) is 4.80 Å². The van der Waals surface area contributed by atoms with E-state index in [1.54, 1.807) is 36.4 Å². The number of halogens is 4. The van der Waals surface area contributed by atoms with Crippen molar-refractivity contribution in [2.75, 3.05) is 6.61 Å². The van der Waals surface area contributed by atoms with E-state index in [0.29, 0.717) is 42.6 Å². The zero-order valence-electron chi connectivity index (χ0n) is 19.8. The Hall–Kier alpha value is -3.25. The highest BCUT2D eigenvalue weighted by atomic mass is 35.5. The van der Waals surface area contributed by atoms with Crippen LogP contribution < -0.4 is 5.32 Å². The number of aliphatic hydroxyl groups is 2. The molecular weight excluding hydrogens is 592 g/mol. The monoisotopic (exact) mass is 609 g/mol. The molecule has 3 aromatic carbocycles. The summed E-state index contributed by atoms with van der Waals surface area (Å²) in [6.07, 6.45) is -1.34. The predicted molar refractivity (Wildman–Crippen MR) is 148 cm³/mol. The number of hydrogen-bond donors (Lipinski definition) is 3. The van der Waals surface area contributed by atoms with E-state index in [1.165, 1.54) is 24.3 Å². The summed E-state index contributed by atoms with van der Waals surface area (Å²) in [5, 5.41) is 44.2. The third-order valence-corrected chi connectivity index (χ3v) is 6.78. The van der Waals surface area contributed by atoms with Crippen molar-refractivity contribution in [3.05, 3.63) is 96.4 Å². The first-order valence-corrected chi connectivity index (χ1v) is 12.8. The Labute approximate surface area is 241 Å². The number of nitro groups is 1. The molecule has 0 spiro atoms. The van der Waals surface area contributed by atoms with Gasteiger partial charge in [-0.1, -0.05) is 46.4 Å². The number of rotatable bonds is 9. The van der Waals surface area contributed by atoms with E-state index in [4.69, 9.17) is 46.4 Å². The van der Waals surface area contributed by atoms with Crippen LogP contribution in [0.25, 0.3) is 22.5 Å². The molecule has 0 aliphatic carbocycles. The maximum absolute atomic E-state index is 12.9. The topological polar surface area (TPSA) is 143 Å². The Morgan fingerprint density at radius 1 is 0.923 bits per heavy atom. The van der Waals surface area contributed by atoms with Crippen molar-refractivity contribution in [2.24, 2.45) is 0 Å². The summed E-state index contributed by atoms with van der Waals surface area (Å²) in [6.45, 7) is -0.986. The molecule has 0 aliphatic rings. The minimum atomic E-state index is -1.34. The van der Waals surface area contributed by atoms with Crippen molar-refractivity contribution < 1.29 is 19.9 Å². The molecule has 0 fully saturated rings. The van der Waals surface area contributed by atoms with Crippen LogP contribution in [0.1, 0.15) is 11.7 Å². The Kier molecular flexibility index (Phi) is 9.06. The highest BCUT2D eigenvalue weighted by molar-refractivity contribution is 6.37. The van der Waals surface area contributed by atoms with E-state index in [2.05, 4.69) is 15.5 Å². The lowest BCUT2D eigenvalue weighted by atomic mass is 10.0. The second-order valence-electron chi connectivity index (χ2n) is 8.33. The standard InChI is InChI=1S/C25H19Cl4N5O5/c26-14-3-7-17(19(28)9-14)23-24(18-8-4-15(27)10-20(18)29)32-33(31-23)11-22(36)30-21(12-35)25(37)13-1-5-16(6-2-13)34(38)39/h1-10,21,25,35,37H,11-12H2,(H,30,36)/t21-,25+/m0/s1. The number of aliphatic hydroxyl groups excluding tert-OH is 2. The molecule has 0 radical (unpaired) electrons. The highest BCUT2D eigenvalue weighted by Crippen LogP contribution is 2.38. The zero-order chi connectivity index (χ0) is 28.3. The van der Waals surface area contributed by atoms with Gasteiger partial charge in [0.25, 0.3) is 5.69 Å². The SMILES string of the molecule is O=C(Cn1nc(-c2ccc(Cl)cc2Cl)c(-c2ccc(Cl)cc2Cl)n1)N[C@@H](CO)[C@H](O)c1ccc([N+](=O)[O-])cc1. The third kappa shape index (κ3) is 6.67. The quantitative estimate of drug-likeness (QED) is 0.171. The molecule has 202 valence electrons. The highest BCUT2D eigenvalue weighted by Gasteiger charge is 2.25. The molecule has 14 heteroatoms. The number of nitrogens with one attached hydrogen (secondary N) is 1. The third-order valence-electron chi connectivity index (χ3n) is 5.68. The number of aromatic nitrogens is 3. The molecule has 4 rings (SSSR count). The maximum atomic E-state index is 12.9. The fourth-order valence-corrected chi connectivity index (χ4v) is 4.77. The van der Waals surface area contributed by atoms with Gasteiger partial charge in [-0.25, -0.2) is 0 Å². The molecule has 3 N–H and O–H groups in total. The summed E-state index contributed by atoms with van der Waals surface area (Å²) in [5.41, 5.74) is 1.77. The van der Waals surface area contributed by atoms with Crippen molar-refractivity contribution in [1.82, 2.24) is 20.3 Å². The molecule has 2 atom stereocenters. The van der Waals surface area contributed by atoms with Crippen molar-refractivity contribution >= 4 is 58.0 Å². The van der Waals surface area contributed by atoms with Gasteiger partial charge in [0.1, 0.15) is 24.0 Å². The molecule has 1 amide bonds. The second-order valence-corrected chi connectivity index (χ2v) is 10.0. The van der Waals surface area contributed by atoms with Gasteiger partial charge < -0.3 is 15.5 Å². The average molecular weight is 611 g/mol. The number of carbonyl (C=O) groups excluding carboxylic acids is 1. The first-order chi connectivity index (χ1) is 18.6. The number of nitrogens with zero attached hydrogens (tertiary/aromatic N) is 4. The largest absolute Gasteiger partial charge is 0.394 e. The van der Waals surface area contributed by atoms with Crippen LogP contribution in [-0.2, 0) is 11.3 Å². The van der Waals surface area contributed by atoms with Gasteiger partial charge in [0.05, 0.1) is 27.6 Å². The smallest absolute Gasteiger partial charge is 0.269 e. The van der Waals surface area contributed by atoms with Crippen molar-refractivity contribution in [3.8, 4) is 22.5 Å². The fourth-order valence-electron chi connectivity index (χ4n) is 3.78. The number of nitro benzene ring substituents is 1. The average Bonchev–Trinajstić information content (AvgIpc) is 3.29. The first kappa shape index (κ1) is 28.8.